The Balaban J connectivity index is 3.20. The maximum Gasteiger partial charge on any atom is 0.218 e. The van der Waals surface area contributed by atoms with Crippen molar-refractivity contribution in [1.82, 2.24) is 4.98 Å². The van der Waals surface area contributed by atoms with Crippen LogP contribution in [0.1, 0.15) is 16.8 Å². The SMILES string of the molecule is COc1nc(CO)cc(C)c1CN. The molecule has 0 unspecified atom stereocenters. The quantitative estimate of drug-likeness (QED) is 0.707. The van der Waals surface area contributed by atoms with Gasteiger partial charge in [-0.3, -0.25) is 0 Å². The van der Waals surface area contributed by atoms with Gasteiger partial charge in [0.05, 0.1) is 19.4 Å². The molecule has 0 amide bonds. The van der Waals surface area contributed by atoms with Crippen molar-refractivity contribution >= 4 is 0 Å². The minimum Gasteiger partial charge on any atom is -0.481 e. The molecule has 0 radical (unpaired) electrons. The Morgan fingerprint density at radius 2 is 2.31 bits per heavy atom. The van der Waals surface area contributed by atoms with Crippen molar-refractivity contribution in [2.24, 2.45) is 5.73 Å². The molecule has 0 aliphatic carbocycles. The molecule has 3 N–H and O–H groups in total. The maximum absolute atomic E-state index is 8.90. The van der Waals surface area contributed by atoms with E-state index in [0.717, 1.165) is 11.1 Å². The second-order valence-corrected chi connectivity index (χ2v) is 2.78. The predicted octanol–water partition coefficient (Wildman–Crippen LogP) is 0.350. The fourth-order valence-corrected chi connectivity index (χ4v) is 1.23. The topological polar surface area (TPSA) is 68.4 Å². The minimum absolute atomic E-state index is 0.0813. The number of hydrogen-bond acceptors (Lipinski definition) is 4. The largest absolute Gasteiger partial charge is 0.481 e. The van der Waals surface area contributed by atoms with Gasteiger partial charge < -0.3 is 15.6 Å². The highest BCUT2D eigenvalue weighted by atomic mass is 16.5. The van der Waals surface area contributed by atoms with E-state index < -0.39 is 0 Å². The number of nitrogens with zero attached hydrogens (tertiary/aromatic N) is 1. The van der Waals surface area contributed by atoms with Crippen molar-refractivity contribution in [3.05, 3.63) is 22.9 Å². The molecule has 4 heteroatoms. The van der Waals surface area contributed by atoms with Gasteiger partial charge in [-0.25, -0.2) is 4.98 Å². The van der Waals surface area contributed by atoms with Crippen LogP contribution < -0.4 is 10.5 Å². The van der Waals surface area contributed by atoms with Gasteiger partial charge in [-0.2, -0.15) is 0 Å². The fourth-order valence-electron chi connectivity index (χ4n) is 1.23. The lowest BCUT2D eigenvalue weighted by Crippen LogP contribution is -2.06. The molecular formula is C9H14N2O2. The molecule has 1 heterocycles. The van der Waals surface area contributed by atoms with Crippen LogP contribution in [0.2, 0.25) is 0 Å². The van der Waals surface area contributed by atoms with Crippen LogP contribution in [0.4, 0.5) is 0 Å². The molecule has 1 aromatic heterocycles. The normalized spacial score (nSPS) is 10.2. The number of rotatable bonds is 3. The summed E-state index contributed by atoms with van der Waals surface area (Å²) in [6.45, 7) is 2.24. The van der Waals surface area contributed by atoms with Crippen LogP contribution in [-0.4, -0.2) is 17.2 Å². The Kier molecular flexibility index (Phi) is 3.22. The summed E-state index contributed by atoms with van der Waals surface area (Å²) in [5.74, 6) is 0.506. The first-order valence-corrected chi connectivity index (χ1v) is 4.07. The molecule has 0 bridgehead atoms. The Labute approximate surface area is 77.4 Å². The van der Waals surface area contributed by atoms with E-state index >= 15 is 0 Å². The number of aromatic nitrogens is 1. The van der Waals surface area contributed by atoms with E-state index in [1.807, 2.05) is 13.0 Å². The molecule has 0 saturated carbocycles. The first-order valence-electron chi connectivity index (χ1n) is 4.07. The molecule has 4 nitrogen and oxygen atoms in total. The van der Waals surface area contributed by atoms with Crippen LogP contribution in [0, 0.1) is 6.92 Å². The average molecular weight is 182 g/mol. The van der Waals surface area contributed by atoms with Crippen molar-refractivity contribution in [2.75, 3.05) is 7.11 Å². The van der Waals surface area contributed by atoms with E-state index in [1.165, 1.54) is 0 Å². The van der Waals surface area contributed by atoms with Crippen molar-refractivity contribution in [2.45, 2.75) is 20.1 Å². The zero-order chi connectivity index (χ0) is 9.84. The number of nitrogens with two attached hydrogens (primary N) is 1. The van der Waals surface area contributed by atoms with Crippen LogP contribution in [0.3, 0.4) is 0 Å². The Morgan fingerprint density at radius 1 is 1.62 bits per heavy atom. The zero-order valence-electron chi connectivity index (χ0n) is 7.87. The molecule has 13 heavy (non-hydrogen) atoms. The number of aliphatic hydroxyl groups excluding tert-OH is 1. The maximum atomic E-state index is 8.90. The van der Waals surface area contributed by atoms with E-state index in [4.69, 9.17) is 15.6 Å². The summed E-state index contributed by atoms with van der Waals surface area (Å²) in [6.07, 6.45) is 0. The summed E-state index contributed by atoms with van der Waals surface area (Å²) in [6, 6.07) is 1.81. The lowest BCUT2D eigenvalue weighted by atomic mass is 10.1. The van der Waals surface area contributed by atoms with Gasteiger partial charge in [0.1, 0.15) is 0 Å². The molecule has 1 aromatic rings. The van der Waals surface area contributed by atoms with E-state index in [9.17, 15) is 0 Å². The molecule has 0 spiro atoms. The average Bonchev–Trinajstić information content (AvgIpc) is 2.16. The van der Waals surface area contributed by atoms with E-state index in [2.05, 4.69) is 4.98 Å². The summed E-state index contributed by atoms with van der Waals surface area (Å²) in [5, 5.41) is 8.90. The third-order valence-corrected chi connectivity index (χ3v) is 1.92. The fraction of sp³-hybridized carbons (Fsp3) is 0.444. The molecule has 0 aliphatic heterocycles. The highest BCUT2D eigenvalue weighted by Crippen LogP contribution is 2.19. The van der Waals surface area contributed by atoms with Crippen LogP contribution in [0.25, 0.3) is 0 Å². The van der Waals surface area contributed by atoms with Crippen molar-refractivity contribution < 1.29 is 9.84 Å². The number of hydrogen-bond donors (Lipinski definition) is 2. The molecular weight excluding hydrogens is 168 g/mol. The van der Waals surface area contributed by atoms with E-state index in [1.54, 1.807) is 7.11 Å². The Hall–Kier alpha value is -1.13. The zero-order valence-corrected chi connectivity index (χ0v) is 7.87. The Morgan fingerprint density at radius 3 is 2.77 bits per heavy atom. The number of methoxy groups -OCH3 is 1. The van der Waals surface area contributed by atoms with Gasteiger partial charge in [-0.15, -0.1) is 0 Å². The summed E-state index contributed by atoms with van der Waals surface area (Å²) < 4.78 is 5.06. The number of pyridine rings is 1. The number of ether oxygens (including phenoxy) is 1. The van der Waals surface area contributed by atoms with Crippen LogP contribution >= 0.6 is 0 Å². The lowest BCUT2D eigenvalue weighted by Gasteiger charge is -2.10. The van der Waals surface area contributed by atoms with Gasteiger partial charge in [0.15, 0.2) is 0 Å². The van der Waals surface area contributed by atoms with Crippen molar-refractivity contribution in [1.29, 1.82) is 0 Å². The van der Waals surface area contributed by atoms with Crippen LogP contribution in [0.5, 0.6) is 5.88 Å². The third kappa shape index (κ3) is 1.96. The minimum atomic E-state index is -0.0813. The van der Waals surface area contributed by atoms with Gasteiger partial charge in [-0.05, 0) is 18.6 Å². The first kappa shape index (κ1) is 9.95. The summed E-state index contributed by atoms with van der Waals surface area (Å²) in [7, 11) is 1.54. The van der Waals surface area contributed by atoms with Gasteiger partial charge >= 0.3 is 0 Å². The second kappa shape index (κ2) is 4.20. The van der Waals surface area contributed by atoms with Crippen LogP contribution in [-0.2, 0) is 13.2 Å². The molecule has 0 aromatic carbocycles. The van der Waals surface area contributed by atoms with Crippen LogP contribution in [0.15, 0.2) is 6.07 Å². The van der Waals surface area contributed by atoms with Crippen molar-refractivity contribution in [3.8, 4) is 5.88 Å². The number of aliphatic hydroxyl groups is 1. The second-order valence-electron chi connectivity index (χ2n) is 2.78. The summed E-state index contributed by atoms with van der Waals surface area (Å²) in [5.41, 5.74) is 8.03. The molecule has 1 rings (SSSR count). The molecule has 0 fully saturated rings. The highest BCUT2D eigenvalue weighted by molar-refractivity contribution is 5.35. The summed E-state index contributed by atoms with van der Waals surface area (Å²) >= 11 is 0. The molecule has 0 aliphatic rings. The van der Waals surface area contributed by atoms with Gasteiger partial charge in [0, 0.05) is 12.1 Å². The standard InChI is InChI=1S/C9H14N2O2/c1-6-3-7(5-12)11-9(13-2)8(6)4-10/h3,12H,4-5,10H2,1-2H3. The monoisotopic (exact) mass is 182 g/mol. The number of aryl methyl sites for hydroxylation is 1. The first-order chi connectivity index (χ1) is 6.22. The summed E-state index contributed by atoms with van der Waals surface area (Å²) in [4.78, 5) is 4.09. The van der Waals surface area contributed by atoms with Gasteiger partial charge in [0.2, 0.25) is 5.88 Å². The molecule has 0 atom stereocenters. The third-order valence-electron chi connectivity index (χ3n) is 1.92. The predicted molar refractivity (Wildman–Crippen MR) is 49.3 cm³/mol. The smallest absolute Gasteiger partial charge is 0.218 e. The lowest BCUT2D eigenvalue weighted by molar-refractivity contribution is 0.274. The van der Waals surface area contributed by atoms with Crippen molar-refractivity contribution in [3.63, 3.8) is 0 Å². The molecule has 72 valence electrons. The van der Waals surface area contributed by atoms with E-state index in [-0.39, 0.29) is 6.61 Å². The van der Waals surface area contributed by atoms with Gasteiger partial charge in [-0.1, -0.05) is 0 Å². The highest BCUT2D eigenvalue weighted by Gasteiger charge is 2.08. The van der Waals surface area contributed by atoms with Gasteiger partial charge in [0.25, 0.3) is 0 Å². The molecule has 0 saturated heterocycles. The Bertz CT molecular complexity index is 300. The van der Waals surface area contributed by atoms with E-state index in [0.29, 0.717) is 18.1 Å².